The second kappa shape index (κ2) is 9.46. The van der Waals surface area contributed by atoms with Crippen molar-refractivity contribution >= 4 is 22.4 Å². The summed E-state index contributed by atoms with van der Waals surface area (Å²) in [6.45, 7) is 11.6. The number of fused-ring (bicyclic) bond motifs is 1. The van der Waals surface area contributed by atoms with Crippen LogP contribution in [0.2, 0.25) is 0 Å². The molecule has 2 atom stereocenters. The lowest BCUT2D eigenvalue weighted by Crippen LogP contribution is -2.41. The van der Waals surface area contributed by atoms with Gasteiger partial charge in [-0.15, -0.1) is 10.2 Å². The molecular weight excluding hydrogens is 374 g/mol. The molecule has 4 rings (SSSR count). The van der Waals surface area contributed by atoms with Gasteiger partial charge in [-0.05, 0) is 60.9 Å². The SMILES string of the molecule is CCCC1(C)CCCC(CC)N(c2nnnc3cc(N4CCOCC4)ccc23)CC1. The highest BCUT2D eigenvalue weighted by Crippen LogP contribution is 2.38. The number of nitrogens with zero attached hydrogens (tertiary/aromatic N) is 5. The summed E-state index contributed by atoms with van der Waals surface area (Å²) in [5.74, 6) is 1.01. The normalized spacial score (nSPS) is 25.9. The fourth-order valence-electron chi connectivity index (χ4n) is 5.36. The van der Waals surface area contributed by atoms with Crippen molar-refractivity contribution in [3.63, 3.8) is 0 Å². The second-order valence-electron chi connectivity index (χ2n) is 9.37. The predicted octanol–water partition coefficient (Wildman–Crippen LogP) is 4.83. The smallest absolute Gasteiger partial charge is 0.162 e. The Hall–Kier alpha value is -1.95. The maximum atomic E-state index is 5.50. The molecule has 2 fully saturated rings. The molecule has 6 heteroatoms. The van der Waals surface area contributed by atoms with Crippen molar-refractivity contribution < 1.29 is 4.74 Å². The van der Waals surface area contributed by atoms with Crippen LogP contribution in [0, 0.1) is 5.41 Å². The molecule has 30 heavy (non-hydrogen) atoms. The van der Waals surface area contributed by atoms with Crippen molar-refractivity contribution in [3.05, 3.63) is 18.2 Å². The van der Waals surface area contributed by atoms with E-state index in [0.717, 1.165) is 56.0 Å². The minimum Gasteiger partial charge on any atom is -0.378 e. The Morgan fingerprint density at radius 3 is 2.70 bits per heavy atom. The van der Waals surface area contributed by atoms with Gasteiger partial charge in [0.1, 0.15) is 5.52 Å². The van der Waals surface area contributed by atoms with Crippen molar-refractivity contribution in [1.82, 2.24) is 15.4 Å². The van der Waals surface area contributed by atoms with Crippen LogP contribution in [0.1, 0.15) is 65.7 Å². The first-order valence-electron chi connectivity index (χ1n) is 11.9. The first-order valence-corrected chi connectivity index (χ1v) is 11.9. The summed E-state index contributed by atoms with van der Waals surface area (Å²) in [6, 6.07) is 7.11. The molecule has 2 saturated heterocycles. The largest absolute Gasteiger partial charge is 0.378 e. The van der Waals surface area contributed by atoms with E-state index < -0.39 is 0 Å². The van der Waals surface area contributed by atoms with Crippen LogP contribution in [0.4, 0.5) is 11.5 Å². The number of benzene rings is 1. The van der Waals surface area contributed by atoms with Gasteiger partial charge in [-0.2, -0.15) is 0 Å². The summed E-state index contributed by atoms with van der Waals surface area (Å²) >= 11 is 0. The van der Waals surface area contributed by atoms with E-state index in [1.165, 1.54) is 44.2 Å². The summed E-state index contributed by atoms with van der Waals surface area (Å²) in [7, 11) is 0. The Bertz CT molecular complexity index is 837. The number of morpholine rings is 1. The van der Waals surface area contributed by atoms with Crippen LogP contribution >= 0.6 is 0 Å². The van der Waals surface area contributed by atoms with Crippen LogP contribution in [0.25, 0.3) is 10.9 Å². The molecular formula is C24H37N5O. The van der Waals surface area contributed by atoms with Gasteiger partial charge in [0, 0.05) is 36.7 Å². The van der Waals surface area contributed by atoms with Crippen LogP contribution in [-0.4, -0.2) is 54.3 Å². The van der Waals surface area contributed by atoms with E-state index in [4.69, 9.17) is 4.74 Å². The zero-order valence-corrected chi connectivity index (χ0v) is 18.9. The Morgan fingerprint density at radius 2 is 1.93 bits per heavy atom. The number of ether oxygens (including phenoxy) is 1. The highest BCUT2D eigenvalue weighted by molar-refractivity contribution is 5.91. The van der Waals surface area contributed by atoms with E-state index >= 15 is 0 Å². The molecule has 2 unspecified atom stereocenters. The van der Waals surface area contributed by atoms with Crippen LogP contribution in [0.5, 0.6) is 0 Å². The number of hydrogen-bond acceptors (Lipinski definition) is 6. The van der Waals surface area contributed by atoms with E-state index in [2.05, 4.69) is 64.2 Å². The molecule has 1 aromatic heterocycles. The number of aromatic nitrogens is 3. The van der Waals surface area contributed by atoms with E-state index in [-0.39, 0.29) is 0 Å². The van der Waals surface area contributed by atoms with E-state index in [1.54, 1.807) is 0 Å². The van der Waals surface area contributed by atoms with E-state index in [1.807, 2.05) is 0 Å². The molecule has 3 heterocycles. The standard InChI is InChI=1S/C24H37N5O/c1-4-10-24(3)11-6-7-19(5-2)29(13-12-24)23-21-9-8-20(18-22(21)25-27-26-23)28-14-16-30-17-15-28/h8-9,18-19H,4-7,10-17H2,1-3H3. The number of anilines is 2. The van der Waals surface area contributed by atoms with Crippen molar-refractivity contribution in [1.29, 1.82) is 0 Å². The van der Waals surface area contributed by atoms with Gasteiger partial charge < -0.3 is 14.5 Å². The molecule has 6 nitrogen and oxygen atoms in total. The molecule has 0 aliphatic carbocycles. The predicted molar refractivity (Wildman–Crippen MR) is 123 cm³/mol. The highest BCUT2D eigenvalue weighted by atomic mass is 16.5. The third kappa shape index (κ3) is 4.53. The fraction of sp³-hybridized carbons (Fsp3) is 0.708. The Balaban J connectivity index is 1.65. The lowest BCUT2D eigenvalue weighted by Gasteiger charge is -2.40. The quantitative estimate of drug-likeness (QED) is 0.703. The van der Waals surface area contributed by atoms with Gasteiger partial charge in [0.15, 0.2) is 5.82 Å². The number of rotatable bonds is 5. The summed E-state index contributed by atoms with van der Waals surface area (Å²) < 4.78 is 5.50. The molecule has 0 bridgehead atoms. The monoisotopic (exact) mass is 411 g/mol. The van der Waals surface area contributed by atoms with Crippen molar-refractivity contribution in [2.45, 2.75) is 71.8 Å². The van der Waals surface area contributed by atoms with Crippen LogP contribution in [0.15, 0.2) is 18.2 Å². The zero-order valence-electron chi connectivity index (χ0n) is 18.9. The van der Waals surface area contributed by atoms with Crippen LogP contribution < -0.4 is 9.80 Å². The van der Waals surface area contributed by atoms with Crippen LogP contribution in [-0.2, 0) is 4.74 Å². The molecule has 0 saturated carbocycles. The highest BCUT2D eigenvalue weighted by Gasteiger charge is 2.30. The van der Waals surface area contributed by atoms with Crippen molar-refractivity contribution in [2.24, 2.45) is 5.41 Å². The number of hydrogen-bond donors (Lipinski definition) is 0. The van der Waals surface area contributed by atoms with Gasteiger partial charge >= 0.3 is 0 Å². The average Bonchev–Trinajstić information content (AvgIpc) is 2.77. The molecule has 164 valence electrons. The Labute approximate surface area is 181 Å². The summed E-state index contributed by atoms with van der Waals surface area (Å²) in [5, 5.41) is 14.3. The fourth-order valence-corrected chi connectivity index (χ4v) is 5.36. The average molecular weight is 412 g/mol. The first-order chi connectivity index (χ1) is 14.6. The topological polar surface area (TPSA) is 54.4 Å². The Morgan fingerprint density at radius 1 is 1.10 bits per heavy atom. The molecule has 2 aliphatic heterocycles. The Kier molecular flexibility index (Phi) is 6.71. The van der Waals surface area contributed by atoms with Crippen LogP contribution in [0.3, 0.4) is 0 Å². The van der Waals surface area contributed by atoms with Gasteiger partial charge in [-0.1, -0.05) is 33.6 Å². The molecule has 0 N–H and O–H groups in total. The van der Waals surface area contributed by atoms with Gasteiger partial charge in [0.25, 0.3) is 0 Å². The minimum absolute atomic E-state index is 0.436. The molecule has 0 spiro atoms. The minimum atomic E-state index is 0.436. The molecule has 2 aliphatic rings. The van der Waals surface area contributed by atoms with E-state index in [0.29, 0.717) is 11.5 Å². The summed E-state index contributed by atoms with van der Waals surface area (Å²) in [6.07, 6.45) is 8.79. The van der Waals surface area contributed by atoms with Crippen molar-refractivity contribution in [3.8, 4) is 0 Å². The molecule has 0 amide bonds. The summed E-state index contributed by atoms with van der Waals surface area (Å²) in [4.78, 5) is 4.91. The van der Waals surface area contributed by atoms with Gasteiger partial charge in [-0.25, -0.2) is 0 Å². The molecule has 2 aromatic rings. The second-order valence-corrected chi connectivity index (χ2v) is 9.37. The van der Waals surface area contributed by atoms with Gasteiger partial charge in [-0.3, -0.25) is 0 Å². The molecule has 0 radical (unpaired) electrons. The van der Waals surface area contributed by atoms with Gasteiger partial charge in [0.2, 0.25) is 0 Å². The third-order valence-corrected chi connectivity index (χ3v) is 7.20. The zero-order chi connectivity index (χ0) is 21.0. The van der Waals surface area contributed by atoms with Gasteiger partial charge in [0.05, 0.1) is 13.2 Å². The van der Waals surface area contributed by atoms with E-state index in [9.17, 15) is 0 Å². The third-order valence-electron chi connectivity index (χ3n) is 7.20. The first kappa shape index (κ1) is 21.3. The van der Waals surface area contributed by atoms with Crippen molar-refractivity contribution in [2.75, 3.05) is 42.6 Å². The lowest BCUT2D eigenvalue weighted by atomic mass is 9.76. The summed E-state index contributed by atoms with van der Waals surface area (Å²) in [5.41, 5.74) is 2.58. The maximum absolute atomic E-state index is 5.50. The lowest BCUT2D eigenvalue weighted by molar-refractivity contribution is 0.122. The molecule has 1 aromatic carbocycles. The maximum Gasteiger partial charge on any atom is 0.162 e.